The first-order valence-electron chi connectivity index (χ1n) is 11.7. The van der Waals surface area contributed by atoms with Crippen LogP contribution < -0.4 is 24.6 Å². The number of hydrogen-bond donors (Lipinski definition) is 1. The maximum Gasteiger partial charge on any atom is 0.416 e. The third-order valence-electron chi connectivity index (χ3n) is 6.75. The molecular weight excluding hydrogens is 466 g/mol. The smallest absolute Gasteiger partial charge is 0.416 e. The van der Waals surface area contributed by atoms with E-state index in [1.165, 1.54) is 0 Å². The van der Waals surface area contributed by atoms with E-state index in [0.717, 1.165) is 36.6 Å². The molecule has 0 aliphatic carbocycles. The van der Waals surface area contributed by atoms with Crippen LogP contribution in [0.1, 0.15) is 12.0 Å². The van der Waals surface area contributed by atoms with Gasteiger partial charge in [0.15, 0.2) is 18.2 Å². The maximum atomic E-state index is 12.8. The van der Waals surface area contributed by atoms with Gasteiger partial charge >= 0.3 is 12.1 Å². The van der Waals surface area contributed by atoms with Crippen LogP contribution in [0.25, 0.3) is 6.08 Å². The van der Waals surface area contributed by atoms with Gasteiger partial charge in [0.05, 0.1) is 13.2 Å². The lowest BCUT2D eigenvalue weighted by molar-refractivity contribution is -0.118. The summed E-state index contributed by atoms with van der Waals surface area (Å²) in [5.74, 6) is 1.72. The molecule has 0 bridgehead atoms. The van der Waals surface area contributed by atoms with E-state index in [4.69, 9.17) is 14.2 Å². The number of ether oxygens (including phenoxy) is 3. The predicted molar refractivity (Wildman–Crippen MR) is 130 cm³/mol. The fraction of sp³-hybridized carbons (Fsp3) is 0.375. The van der Waals surface area contributed by atoms with Crippen molar-refractivity contribution in [3.05, 3.63) is 42.2 Å². The van der Waals surface area contributed by atoms with Crippen LogP contribution in [0.2, 0.25) is 0 Å². The quantitative estimate of drug-likeness (QED) is 0.661. The third kappa shape index (κ3) is 3.88. The molecule has 0 radical (unpaired) electrons. The molecule has 0 spiro atoms. The summed E-state index contributed by atoms with van der Waals surface area (Å²) in [5.41, 5.74) is 1.74. The van der Waals surface area contributed by atoms with Gasteiger partial charge in [0.1, 0.15) is 17.7 Å². The average molecular weight is 492 g/mol. The minimum atomic E-state index is -0.436. The fourth-order valence-electron chi connectivity index (χ4n) is 4.96. The molecule has 4 aliphatic heterocycles. The summed E-state index contributed by atoms with van der Waals surface area (Å²) >= 11 is 0. The number of aromatic nitrogens is 3. The molecule has 1 N–H and O–H groups in total. The van der Waals surface area contributed by atoms with Gasteiger partial charge in [-0.15, -0.1) is 0 Å². The second-order valence-corrected chi connectivity index (χ2v) is 8.91. The molecule has 2 fully saturated rings. The van der Waals surface area contributed by atoms with Crippen LogP contribution in [0.5, 0.6) is 11.8 Å². The molecule has 0 unspecified atom stereocenters. The lowest BCUT2D eigenvalue weighted by Gasteiger charge is -2.37. The van der Waals surface area contributed by atoms with E-state index < -0.39 is 6.09 Å². The zero-order valence-corrected chi connectivity index (χ0v) is 19.7. The normalized spacial score (nSPS) is 22.9. The Morgan fingerprint density at radius 2 is 2.11 bits per heavy atom. The molecule has 186 valence electrons. The van der Waals surface area contributed by atoms with E-state index >= 15 is 0 Å². The number of amides is 2. The molecule has 0 saturated carbocycles. The monoisotopic (exact) mass is 491 g/mol. The Hall–Kier alpha value is -4.19. The Bertz CT molecular complexity index is 1280. The van der Waals surface area contributed by atoms with Gasteiger partial charge in [-0.2, -0.15) is 4.98 Å². The summed E-state index contributed by atoms with van der Waals surface area (Å²) in [6, 6.07) is 3.60. The highest BCUT2D eigenvalue weighted by Crippen LogP contribution is 2.35. The summed E-state index contributed by atoms with van der Waals surface area (Å²) in [6.45, 7) is 6.90. The molecule has 0 aromatic carbocycles. The Morgan fingerprint density at radius 3 is 2.97 bits per heavy atom. The van der Waals surface area contributed by atoms with E-state index in [1.54, 1.807) is 30.3 Å². The number of anilines is 3. The van der Waals surface area contributed by atoms with Gasteiger partial charge in [-0.3, -0.25) is 14.6 Å². The van der Waals surface area contributed by atoms with Crippen molar-refractivity contribution in [2.24, 2.45) is 0 Å². The molecule has 2 amide bonds. The largest absolute Gasteiger partial charge is 0.480 e. The lowest BCUT2D eigenvalue weighted by atomic mass is 10.0. The summed E-state index contributed by atoms with van der Waals surface area (Å²) in [5, 5.41) is 2.69. The zero-order valence-electron chi connectivity index (χ0n) is 19.7. The van der Waals surface area contributed by atoms with Crippen LogP contribution in [-0.2, 0) is 9.53 Å². The van der Waals surface area contributed by atoms with Crippen molar-refractivity contribution in [2.45, 2.75) is 18.6 Å². The number of methoxy groups -OCH3 is 1. The highest BCUT2D eigenvalue weighted by molar-refractivity contribution is 5.95. The predicted octanol–water partition coefficient (Wildman–Crippen LogP) is 1.66. The van der Waals surface area contributed by atoms with E-state index in [2.05, 4.69) is 31.7 Å². The number of nitrogens with one attached hydrogen (secondary N) is 1. The van der Waals surface area contributed by atoms with Crippen molar-refractivity contribution in [1.82, 2.24) is 19.9 Å². The molecule has 12 nitrogen and oxygen atoms in total. The third-order valence-corrected chi connectivity index (χ3v) is 6.75. The number of likely N-dealkylation sites (tertiary alicyclic amines) is 1. The van der Waals surface area contributed by atoms with Gasteiger partial charge in [-0.25, -0.2) is 14.8 Å². The first-order valence-corrected chi connectivity index (χ1v) is 11.7. The Balaban J connectivity index is 1.13. The number of pyridine rings is 1. The summed E-state index contributed by atoms with van der Waals surface area (Å²) in [6.07, 6.45) is 5.63. The van der Waals surface area contributed by atoms with Crippen LogP contribution in [0.4, 0.5) is 22.2 Å². The number of fused-ring (bicyclic) bond motifs is 3. The molecule has 12 heteroatoms. The highest BCUT2D eigenvalue weighted by atomic mass is 16.6. The van der Waals surface area contributed by atoms with Crippen LogP contribution in [0, 0.1) is 0 Å². The van der Waals surface area contributed by atoms with Crippen LogP contribution >= 0.6 is 0 Å². The Kier molecular flexibility index (Phi) is 5.44. The molecule has 2 aromatic heterocycles. The Labute approximate surface area is 207 Å². The second-order valence-electron chi connectivity index (χ2n) is 8.91. The molecule has 6 rings (SSSR count). The lowest BCUT2D eigenvalue weighted by Crippen LogP contribution is -2.51. The van der Waals surface area contributed by atoms with E-state index in [1.807, 2.05) is 17.1 Å². The first-order chi connectivity index (χ1) is 17.5. The van der Waals surface area contributed by atoms with Gasteiger partial charge in [-0.1, -0.05) is 6.58 Å². The molecule has 36 heavy (non-hydrogen) atoms. The summed E-state index contributed by atoms with van der Waals surface area (Å²) in [7, 11) is 1.54. The minimum Gasteiger partial charge on any atom is -0.480 e. The van der Waals surface area contributed by atoms with Gasteiger partial charge in [0, 0.05) is 43.6 Å². The van der Waals surface area contributed by atoms with E-state index in [9.17, 15) is 9.59 Å². The van der Waals surface area contributed by atoms with Crippen molar-refractivity contribution in [3.8, 4) is 11.8 Å². The Morgan fingerprint density at radius 1 is 1.22 bits per heavy atom. The number of rotatable bonds is 5. The topological polar surface area (TPSA) is 122 Å². The highest BCUT2D eigenvalue weighted by Gasteiger charge is 2.46. The molecule has 2 aromatic rings. The van der Waals surface area contributed by atoms with Crippen LogP contribution in [-0.4, -0.2) is 83.9 Å². The van der Waals surface area contributed by atoms with Gasteiger partial charge in [0.25, 0.3) is 5.91 Å². The maximum absolute atomic E-state index is 12.8. The van der Waals surface area contributed by atoms with Crippen molar-refractivity contribution in [3.63, 3.8) is 0 Å². The van der Waals surface area contributed by atoms with Crippen molar-refractivity contribution in [2.75, 3.05) is 55.0 Å². The molecule has 2 saturated heterocycles. The fourth-order valence-corrected chi connectivity index (χ4v) is 4.96. The van der Waals surface area contributed by atoms with E-state index in [0.29, 0.717) is 36.5 Å². The standard InChI is InChI=1S/C24H25N7O5/c1-14-3-4-15-11-25-23(34-2)28-22(15)30(14)10-9-29-8-7-16-18(12-29)36-24(33)31(16)19-6-5-17-21(26-19)27-20(32)13-35-17/h3-6,11,16,18H,1,7-10,12-13H2,2H3,(H,26,27,32)/t16-,18+/m1/s1. The average Bonchev–Trinajstić information content (AvgIpc) is 3.22. The molecule has 4 aliphatic rings. The zero-order chi connectivity index (χ0) is 24.8. The number of nitrogens with zero attached hydrogens (tertiary/aromatic N) is 6. The number of carbonyl (C=O) groups excluding carboxylic acids is 2. The van der Waals surface area contributed by atoms with Gasteiger partial charge in [-0.05, 0) is 30.7 Å². The number of carbonyl (C=O) groups is 2. The minimum absolute atomic E-state index is 0.0482. The number of piperidine rings is 1. The van der Waals surface area contributed by atoms with Crippen molar-refractivity contribution >= 4 is 35.5 Å². The molecule has 2 atom stereocenters. The molecule has 6 heterocycles. The first kappa shape index (κ1) is 22.3. The van der Waals surface area contributed by atoms with Gasteiger partial charge in [0.2, 0.25) is 0 Å². The van der Waals surface area contributed by atoms with Crippen molar-refractivity contribution < 1.29 is 23.8 Å². The van der Waals surface area contributed by atoms with Crippen molar-refractivity contribution in [1.29, 1.82) is 0 Å². The SMILES string of the molecule is C=C1C=Cc2cnc(OC)nc2N1CCN1CC[C@@H]2[C@H](C1)OC(=O)N2c1ccc2c(n1)NC(=O)CO2. The summed E-state index contributed by atoms with van der Waals surface area (Å²) < 4.78 is 16.3. The van der Waals surface area contributed by atoms with Crippen LogP contribution in [0.3, 0.4) is 0 Å². The number of allylic oxidation sites excluding steroid dienone is 1. The molecular formula is C24H25N7O5. The summed E-state index contributed by atoms with van der Waals surface area (Å²) in [4.78, 5) is 43.5. The van der Waals surface area contributed by atoms with E-state index in [-0.39, 0.29) is 24.7 Å². The van der Waals surface area contributed by atoms with Gasteiger partial charge < -0.3 is 24.4 Å². The number of hydrogen-bond acceptors (Lipinski definition) is 10. The second kappa shape index (κ2) is 8.79. The van der Waals surface area contributed by atoms with Crippen LogP contribution in [0.15, 0.2) is 36.7 Å².